The lowest BCUT2D eigenvalue weighted by Crippen LogP contribution is -2.46. The fourth-order valence-corrected chi connectivity index (χ4v) is 1.85. The molecule has 0 aromatic carbocycles. The Balaban J connectivity index is 4.52. The molecular formula is C13H29N3O2. The summed E-state index contributed by atoms with van der Waals surface area (Å²) < 4.78 is 5.12. The maximum Gasteiger partial charge on any atom is 0.223 e. The van der Waals surface area contributed by atoms with Crippen LogP contribution in [0.2, 0.25) is 0 Å². The minimum atomic E-state index is 0.0949. The molecule has 0 rings (SSSR count). The summed E-state index contributed by atoms with van der Waals surface area (Å²) in [6.07, 6.45) is 0.472. The van der Waals surface area contributed by atoms with Gasteiger partial charge in [-0.25, -0.2) is 0 Å². The van der Waals surface area contributed by atoms with Crippen LogP contribution >= 0.6 is 0 Å². The van der Waals surface area contributed by atoms with Gasteiger partial charge in [-0.05, 0) is 5.92 Å². The number of carbonyl (C=O) groups is 1. The van der Waals surface area contributed by atoms with Crippen LogP contribution in [0.3, 0.4) is 0 Å². The molecule has 0 saturated carbocycles. The maximum atomic E-state index is 11.8. The molecule has 1 amide bonds. The predicted octanol–water partition coefficient (Wildman–Crippen LogP) is 0.396. The van der Waals surface area contributed by atoms with Crippen molar-refractivity contribution in [1.82, 2.24) is 9.80 Å². The van der Waals surface area contributed by atoms with Gasteiger partial charge >= 0.3 is 0 Å². The van der Waals surface area contributed by atoms with E-state index in [1.54, 1.807) is 26.1 Å². The van der Waals surface area contributed by atoms with Gasteiger partial charge in [0.25, 0.3) is 0 Å². The molecule has 18 heavy (non-hydrogen) atoms. The van der Waals surface area contributed by atoms with Gasteiger partial charge in [-0.3, -0.25) is 9.69 Å². The summed E-state index contributed by atoms with van der Waals surface area (Å²) in [7, 11) is 5.24. The van der Waals surface area contributed by atoms with Crippen LogP contribution in [0.4, 0.5) is 0 Å². The number of nitrogens with zero attached hydrogens (tertiary/aromatic N) is 2. The number of rotatable bonds is 9. The molecule has 0 heterocycles. The van der Waals surface area contributed by atoms with Crippen molar-refractivity contribution in [3.63, 3.8) is 0 Å². The molecule has 0 saturated heterocycles. The largest absolute Gasteiger partial charge is 0.383 e. The molecule has 0 fully saturated rings. The fraction of sp³-hybridized carbons (Fsp3) is 0.923. The van der Waals surface area contributed by atoms with Crippen LogP contribution in [0.25, 0.3) is 0 Å². The molecule has 5 heteroatoms. The van der Waals surface area contributed by atoms with Gasteiger partial charge in [0, 0.05) is 53.3 Å². The van der Waals surface area contributed by atoms with Gasteiger partial charge in [0.05, 0.1) is 6.61 Å². The molecule has 2 N–H and O–H groups in total. The van der Waals surface area contributed by atoms with Crippen LogP contribution in [0.15, 0.2) is 0 Å². The number of nitrogens with two attached hydrogens (primary N) is 1. The highest BCUT2D eigenvalue weighted by molar-refractivity contribution is 5.76. The van der Waals surface area contributed by atoms with E-state index in [0.29, 0.717) is 25.5 Å². The first kappa shape index (κ1) is 17.4. The summed E-state index contributed by atoms with van der Waals surface area (Å²) in [5, 5.41) is 0. The Morgan fingerprint density at radius 3 is 2.33 bits per heavy atom. The minimum absolute atomic E-state index is 0.0949. The zero-order chi connectivity index (χ0) is 14.1. The average molecular weight is 259 g/mol. The van der Waals surface area contributed by atoms with Crippen molar-refractivity contribution in [3.05, 3.63) is 0 Å². The summed E-state index contributed by atoms with van der Waals surface area (Å²) in [4.78, 5) is 15.7. The third-order valence-electron chi connectivity index (χ3n) is 2.88. The van der Waals surface area contributed by atoms with E-state index in [1.165, 1.54) is 0 Å². The topological polar surface area (TPSA) is 58.8 Å². The summed E-state index contributed by atoms with van der Waals surface area (Å²) in [6, 6.07) is 0.0949. The van der Waals surface area contributed by atoms with Crippen LogP contribution < -0.4 is 5.73 Å². The first-order chi connectivity index (χ1) is 8.42. The van der Waals surface area contributed by atoms with Gasteiger partial charge in [-0.15, -0.1) is 0 Å². The van der Waals surface area contributed by atoms with Gasteiger partial charge < -0.3 is 15.4 Å². The van der Waals surface area contributed by atoms with Crippen molar-refractivity contribution in [2.75, 3.05) is 47.4 Å². The predicted molar refractivity (Wildman–Crippen MR) is 74.4 cm³/mol. The number of hydrogen-bond acceptors (Lipinski definition) is 4. The third kappa shape index (κ3) is 6.93. The van der Waals surface area contributed by atoms with E-state index in [9.17, 15) is 4.79 Å². The van der Waals surface area contributed by atoms with E-state index in [0.717, 1.165) is 13.1 Å². The zero-order valence-corrected chi connectivity index (χ0v) is 12.5. The lowest BCUT2D eigenvalue weighted by atomic mass is 10.1. The van der Waals surface area contributed by atoms with Crippen LogP contribution in [0, 0.1) is 5.92 Å². The molecule has 108 valence electrons. The molecule has 0 aliphatic heterocycles. The van der Waals surface area contributed by atoms with Gasteiger partial charge in [0.15, 0.2) is 0 Å². The maximum absolute atomic E-state index is 11.8. The van der Waals surface area contributed by atoms with E-state index in [4.69, 9.17) is 10.5 Å². The summed E-state index contributed by atoms with van der Waals surface area (Å²) in [5.74, 6) is 0.669. The summed E-state index contributed by atoms with van der Waals surface area (Å²) in [6.45, 7) is 7.25. The second-order valence-electron chi connectivity index (χ2n) is 5.26. The van der Waals surface area contributed by atoms with Gasteiger partial charge in [0.1, 0.15) is 0 Å². The Morgan fingerprint density at radius 1 is 1.33 bits per heavy atom. The summed E-state index contributed by atoms with van der Waals surface area (Å²) in [5.41, 5.74) is 5.82. The standard InChI is InChI=1S/C13H29N3O2/c1-11(2)10-16(6-7-18-5)12(9-14)8-13(17)15(3)4/h11-12H,6-10,14H2,1-5H3. The molecule has 0 radical (unpaired) electrons. The Morgan fingerprint density at radius 2 is 1.94 bits per heavy atom. The highest BCUT2D eigenvalue weighted by atomic mass is 16.5. The molecule has 0 aliphatic rings. The first-order valence-corrected chi connectivity index (χ1v) is 6.55. The highest BCUT2D eigenvalue weighted by Crippen LogP contribution is 2.08. The van der Waals surface area contributed by atoms with E-state index in [2.05, 4.69) is 18.7 Å². The second kappa shape index (κ2) is 9.30. The van der Waals surface area contributed by atoms with Crippen molar-refractivity contribution < 1.29 is 9.53 Å². The minimum Gasteiger partial charge on any atom is -0.383 e. The molecule has 0 aromatic rings. The molecule has 5 nitrogen and oxygen atoms in total. The number of amides is 1. The summed E-state index contributed by atoms with van der Waals surface area (Å²) >= 11 is 0. The molecular weight excluding hydrogens is 230 g/mol. The Kier molecular flexibility index (Phi) is 8.97. The van der Waals surface area contributed by atoms with Crippen LogP contribution in [0.5, 0.6) is 0 Å². The Bertz CT molecular complexity index is 232. The zero-order valence-electron chi connectivity index (χ0n) is 12.5. The lowest BCUT2D eigenvalue weighted by molar-refractivity contribution is -0.130. The van der Waals surface area contributed by atoms with Crippen molar-refractivity contribution >= 4 is 5.91 Å². The monoisotopic (exact) mass is 259 g/mol. The average Bonchev–Trinajstić information content (AvgIpc) is 2.30. The third-order valence-corrected chi connectivity index (χ3v) is 2.88. The van der Waals surface area contributed by atoms with Gasteiger partial charge in [-0.1, -0.05) is 13.8 Å². The van der Waals surface area contributed by atoms with Crippen LogP contribution in [-0.4, -0.2) is 69.2 Å². The first-order valence-electron chi connectivity index (χ1n) is 6.55. The molecule has 0 spiro atoms. The van der Waals surface area contributed by atoms with E-state index >= 15 is 0 Å². The van der Waals surface area contributed by atoms with Gasteiger partial charge in [0.2, 0.25) is 5.91 Å². The smallest absolute Gasteiger partial charge is 0.223 e. The van der Waals surface area contributed by atoms with Crippen LogP contribution in [0.1, 0.15) is 20.3 Å². The number of hydrogen-bond donors (Lipinski definition) is 1. The van der Waals surface area contributed by atoms with Crippen LogP contribution in [-0.2, 0) is 9.53 Å². The van der Waals surface area contributed by atoms with Crippen molar-refractivity contribution in [2.45, 2.75) is 26.3 Å². The number of methoxy groups -OCH3 is 1. The SMILES string of the molecule is COCCN(CC(C)C)C(CN)CC(=O)N(C)C. The number of ether oxygens (including phenoxy) is 1. The quantitative estimate of drug-likeness (QED) is 0.651. The lowest BCUT2D eigenvalue weighted by Gasteiger charge is -2.32. The van der Waals surface area contributed by atoms with Crippen molar-refractivity contribution in [1.29, 1.82) is 0 Å². The molecule has 1 unspecified atom stereocenters. The Hall–Kier alpha value is -0.650. The fourth-order valence-electron chi connectivity index (χ4n) is 1.85. The van der Waals surface area contributed by atoms with E-state index in [-0.39, 0.29) is 11.9 Å². The molecule has 0 bridgehead atoms. The van der Waals surface area contributed by atoms with Crippen molar-refractivity contribution in [2.24, 2.45) is 11.7 Å². The molecule has 1 atom stereocenters. The number of carbonyl (C=O) groups excluding carboxylic acids is 1. The second-order valence-corrected chi connectivity index (χ2v) is 5.26. The van der Waals surface area contributed by atoms with Crippen molar-refractivity contribution in [3.8, 4) is 0 Å². The molecule has 0 aromatic heterocycles. The molecule has 0 aliphatic carbocycles. The highest BCUT2D eigenvalue weighted by Gasteiger charge is 2.21. The Labute approximate surface area is 111 Å². The normalized spacial score (nSPS) is 13.1. The van der Waals surface area contributed by atoms with E-state index in [1.807, 2.05) is 0 Å². The van der Waals surface area contributed by atoms with Gasteiger partial charge in [-0.2, -0.15) is 0 Å². The van der Waals surface area contributed by atoms with E-state index < -0.39 is 0 Å².